The van der Waals surface area contributed by atoms with Crippen molar-refractivity contribution >= 4 is 28.9 Å². The van der Waals surface area contributed by atoms with Crippen LogP contribution in [0.4, 0.5) is 0 Å². The van der Waals surface area contributed by atoms with E-state index in [1.54, 1.807) is 6.08 Å². The average molecular weight is 430 g/mol. The van der Waals surface area contributed by atoms with Crippen molar-refractivity contribution in [2.75, 3.05) is 26.2 Å². The monoisotopic (exact) mass is 429 g/mol. The summed E-state index contributed by atoms with van der Waals surface area (Å²) in [6.45, 7) is 4.62. The van der Waals surface area contributed by atoms with Crippen molar-refractivity contribution in [1.29, 1.82) is 0 Å². The minimum atomic E-state index is -0.190. The summed E-state index contributed by atoms with van der Waals surface area (Å²) in [4.78, 5) is 22.0. The van der Waals surface area contributed by atoms with Crippen LogP contribution < -0.4 is 0 Å². The summed E-state index contributed by atoms with van der Waals surface area (Å²) in [5.41, 5.74) is 2.35. The standard InChI is InChI=1S/C25H23N3O2S/c29-24-23(17-21-11-12-22(30-21)20-9-5-2-6-10-20)31-25(26-24)28-15-13-27(14-16-28)18-19-7-3-1-4-8-19/h1-12,17H,13-16,18H2. The van der Waals surface area contributed by atoms with Gasteiger partial charge in [-0.05, 0) is 29.5 Å². The molecule has 1 aromatic heterocycles. The Labute approximate surface area is 186 Å². The molecule has 0 radical (unpaired) electrons. The van der Waals surface area contributed by atoms with Crippen LogP contribution in [0, 0.1) is 0 Å². The van der Waals surface area contributed by atoms with Crippen LogP contribution in [0.5, 0.6) is 0 Å². The second-order valence-electron chi connectivity index (χ2n) is 7.63. The summed E-state index contributed by atoms with van der Waals surface area (Å²) in [6, 6.07) is 24.3. The SMILES string of the molecule is O=C1N=C(N2CCN(Cc3ccccc3)CC2)SC1=Cc1ccc(-c2ccccc2)o1. The lowest BCUT2D eigenvalue weighted by atomic mass is 10.2. The third kappa shape index (κ3) is 4.65. The first kappa shape index (κ1) is 19.8. The van der Waals surface area contributed by atoms with Crippen molar-refractivity contribution < 1.29 is 9.21 Å². The highest BCUT2D eigenvalue weighted by atomic mass is 32.2. The van der Waals surface area contributed by atoms with Crippen molar-refractivity contribution in [3.63, 3.8) is 0 Å². The molecular formula is C25H23N3O2S. The van der Waals surface area contributed by atoms with Gasteiger partial charge in [-0.15, -0.1) is 0 Å². The van der Waals surface area contributed by atoms with Crippen LogP contribution >= 0.6 is 11.8 Å². The Hall–Kier alpha value is -3.09. The van der Waals surface area contributed by atoms with Gasteiger partial charge in [0.2, 0.25) is 0 Å². The Morgan fingerprint density at radius 1 is 0.903 bits per heavy atom. The Morgan fingerprint density at radius 3 is 2.35 bits per heavy atom. The maximum Gasteiger partial charge on any atom is 0.286 e. The topological polar surface area (TPSA) is 49.1 Å². The number of thioether (sulfide) groups is 1. The lowest BCUT2D eigenvalue weighted by molar-refractivity contribution is -0.113. The van der Waals surface area contributed by atoms with E-state index in [0.29, 0.717) is 10.7 Å². The van der Waals surface area contributed by atoms with Crippen molar-refractivity contribution in [2.24, 2.45) is 4.99 Å². The number of carbonyl (C=O) groups excluding carboxylic acids is 1. The fraction of sp³-hybridized carbons (Fsp3) is 0.200. The molecule has 5 nitrogen and oxygen atoms in total. The van der Waals surface area contributed by atoms with Gasteiger partial charge in [-0.3, -0.25) is 9.69 Å². The number of furan rings is 1. The van der Waals surface area contributed by atoms with Crippen LogP contribution in [0.2, 0.25) is 0 Å². The Morgan fingerprint density at radius 2 is 1.61 bits per heavy atom. The van der Waals surface area contributed by atoms with E-state index in [2.05, 4.69) is 39.1 Å². The lowest BCUT2D eigenvalue weighted by Crippen LogP contribution is -2.47. The Bertz CT molecular complexity index is 1110. The molecule has 31 heavy (non-hydrogen) atoms. The lowest BCUT2D eigenvalue weighted by Gasteiger charge is -2.35. The van der Waals surface area contributed by atoms with Crippen LogP contribution in [0.3, 0.4) is 0 Å². The second kappa shape index (κ2) is 8.96. The van der Waals surface area contributed by atoms with Gasteiger partial charge in [0.1, 0.15) is 11.5 Å². The van der Waals surface area contributed by atoms with E-state index in [1.165, 1.54) is 17.3 Å². The molecule has 0 atom stereocenters. The second-order valence-corrected chi connectivity index (χ2v) is 8.64. The Kier molecular flexibility index (Phi) is 5.74. The predicted octanol–water partition coefficient (Wildman–Crippen LogP) is 4.73. The van der Waals surface area contributed by atoms with E-state index < -0.39 is 0 Å². The number of piperazine rings is 1. The largest absolute Gasteiger partial charge is 0.457 e. The summed E-state index contributed by atoms with van der Waals surface area (Å²) in [6.07, 6.45) is 1.79. The molecule has 3 heterocycles. The highest BCUT2D eigenvalue weighted by Gasteiger charge is 2.28. The molecule has 2 aliphatic heterocycles. The molecular weight excluding hydrogens is 406 g/mol. The molecule has 0 N–H and O–H groups in total. The van der Waals surface area contributed by atoms with Gasteiger partial charge in [-0.2, -0.15) is 4.99 Å². The van der Waals surface area contributed by atoms with Gasteiger partial charge in [-0.25, -0.2) is 0 Å². The van der Waals surface area contributed by atoms with E-state index in [9.17, 15) is 4.79 Å². The van der Waals surface area contributed by atoms with Gasteiger partial charge < -0.3 is 9.32 Å². The number of benzene rings is 2. The number of amides is 1. The molecule has 156 valence electrons. The van der Waals surface area contributed by atoms with Gasteiger partial charge in [0.05, 0.1) is 4.91 Å². The predicted molar refractivity (Wildman–Crippen MR) is 125 cm³/mol. The molecule has 3 aromatic rings. The van der Waals surface area contributed by atoms with E-state index in [-0.39, 0.29) is 5.91 Å². The maximum atomic E-state index is 12.5. The molecule has 0 aliphatic carbocycles. The summed E-state index contributed by atoms with van der Waals surface area (Å²) in [5.74, 6) is 1.27. The molecule has 2 aliphatic rings. The van der Waals surface area contributed by atoms with Crippen LogP contribution in [0.25, 0.3) is 17.4 Å². The molecule has 1 saturated heterocycles. The van der Waals surface area contributed by atoms with Crippen LogP contribution in [-0.2, 0) is 11.3 Å². The summed E-state index contributed by atoms with van der Waals surface area (Å²) >= 11 is 1.44. The highest BCUT2D eigenvalue weighted by Crippen LogP contribution is 2.32. The van der Waals surface area contributed by atoms with Gasteiger partial charge in [0, 0.05) is 44.4 Å². The van der Waals surface area contributed by atoms with Crippen LogP contribution in [0.15, 0.2) is 87.1 Å². The number of carbonyl (C=O) groups is 1. The fourth-order valence-corrected chi connectivity index (χ4v) is 4.73. The van der Waals surface area contributed by atoms with Gasteiger partial charge >= 0.3 is 0 Å². The third-order valence-electron chi connectivity index (χ3n) is 5.46. The van der Waals surface area contributed by atoms with E-state index in [1.807, 2.05) is 48.5 Å². The average Bonchev–Trinajstić information content (AvgIpc) is 3.43. The first-order chi connectivity index (χ1) is 15.2. The van der Waals surface area contributed by atoms with Gasteiger partial charge in [0.25, 0.3) is 5.91 Å². The van der Waals surface area contributed by atoms with E-state index >= 15 is 0 Å². The fourth-order valence-electron chi connectivity index (χ4n) is 3.79. The van der Waals surface area contributed by atoms with Gasteiger partial charge in [-0.1, -0.05) is 60.7 Å². The summed E-state index contributed by atoms with van der Waals surface area (Å²) in [7, 11) is 0. The molecule has 0 spiro atoms. The van der Waals surface area contributed by atoms with Crippen molar-refractivity contribution in [3.05, 3.63) is 89.0 Å². The summed E-state index contributed by atoms with van der Waals surface area (Å²) < 4.78 is 5.92. The number of hydrogen-bond donors (Lipinski definition) is 0. The smallest absolute Gasteiger partial charge is 0.286 e. The first-order valence-electron chi connectivity index (χ1n) is 10.4. The summed E-state index contributed by atoms with van der Waals surface area (Å²) in [5, 5.41) is 0.797. The van der Waals surface area contributed by atoms with Crippen molar-refractivity contribution in [1.82, 2.24) is 9.80 Å². The van der Waals surface area contributed by atoms with E-state index in [0.717, 1.165) is 49.2 Å². The number of amidine groups is 1. The van der Waals surface area contributed by atoms with Gasteiger partial charge in [0.15, 0.2) is 5.17 Å². The quantitative estimate of drug-likeness (QED) is 0.561. The molecule has 5 rings (SSSR count). The molecule has 6 heteroatoms. The minimum absolute atomic E-state index is 0.190. The molecule has 0 unspecified atom stereocenters. The van der Waals surface area contributed by atoms with Crippen LogP contribution in [-0.4, -0.2) is 47.1 Å². The Balaban J connectivity index is 1.20. The molecule has 0 saturated carbocycles. The zero-order valence-corrected chi connectivity index (χ0v) is 17.9. The molecule has 2 aromatic carbocycles. The number of rotatable bonds is 4. The maximum absolute atomic E-state index is 12.5. The minimum Gasteiger partial charge on any atom is -0.457 e. The number of aliphatic imine (C=N–C) groups is 1. The van der Waals surface area contributed by atoms with Crippen LogP contribution in [0.1, 0.15) is 11.3 Å². The first-order valence-corrected chi connectivity index (χ1v) is 11.3. The molecule has 1 amide bonds. The molecule has 1 fully saturated rings. The van der Waals surface area contributed by atoms with Crippen molar-refractivity contribution in [3.8, 4) is 11.3 Å². The third-order valence-corrected chi connectivity index (χ3v) is 6.50. The zero-order valence-electron chi connectivity index (χ0n) is 17.1. The number of hydrogen-bond acceptors (Lipinski definition) is 5. The number of nitrogens with zero attached hydrogens (tertiary/aromatic N) is 3. The zero-order chi connectivity index (χ0) is 21.0. The normalized spacial score (nSPS) is 18.6. The highest BCUT2D eigenvalue weighted by molar-refractivity contribution is 8.18. The van der Waals surface area contributed by atoms with Crippen molar-refractivity contribution in [2.45, 2.75) is 6.54 Å². The molecule has 0 bridgehead atoms. The van der Waals surface area contributed by atoms with E-state index in [4.69, 9.17) is 4.42 Å².